The van der Waals surface area contributed by atoms with Crippen molar-refractivity contribution in [3.05, 3.63) is 11.7 Å². The fourth-order valence-corrected chi connectivity index (χ4v) is 1.27. The van der Waals surface area contributed by atoms with Crippen molar-refractivity contribution in [2.45, 2.75) is 26.3 Å². The minimum Gasteiger partial charge on any atom is -0.365 e. The Morgan fingerprint density at radius 1 is 1.54 bits per heavy atom. The summed E-state index contributed by atoms with van der Waals surface area (Å²) in [5.41, 5.74) is 0. The van der Waals surface area contributed by atoms with E-state index in [0.29, 0.717) is 18.3 Å². The highest BCUT2D eigenvalue weighted by Crippen LogP contribution is 2.02. The third-order valence-corrected chi connectivity index (χ3v) is 1.89. The van der Waals surface area contributed by atoms with Crippen LogP contribution in [0.15, 0.2) is 9.52 Å². The molecular formula is C8H12N4O. The molecule has 0 aromatic carbocycles. The molecule has 0 bridgehead atoms. The van der Waals surface area contributed by atoms with Gasteiger partial charge < -0.3 is 9.84 Å². The summed E-state index contributed by atoms with van der Waals surface area (Å²) in [5.74, 6) is 2.34. The molecule has 5 nitrogen and oxygen atoms in total. The number of amidine groups is 1. The standard InChI is InChI=1S/C8H12N4O/c1-6-11-8(13-12-6)5-10-7-3-2-4-9-7/h2-5H2,1H3,(H,9,10). The molecule has 70 valence electrons. The molecule has 5 heteroatoms. The minimum atomic E-state index is 0.583. The largest absolute Gasteiger partial charge is 0.365 e. The van der Waals surface area contributed by atoms with E-state index in [9.17, 15) is 0 Å². The molecule has 1 aliphatic rings. The van der Waals surface area contributed by atoms with E-state index in [1.165, 1.54) is 0 Å². The second-order valence-corrected chi connectivity index (χ2v) is 3.02. The van der Waals surface area contributed by atoms with E-state index >= 15 is 0 Å². The van der Waals surface area contributed by atoms with E-state index in [4.69, 9.17) is 4.52 Å². The lowest BCUT2D eigenvalue weighted by atomic mass is 10.3. The first-order valence-electron chi connectivity index (χ1n) is 4.41. The molecule has 2 rings (SSSR count). The Hall–Kier alpha value is -1.39. The Morgan fingerprint density at radius 3 is 3.08 bits per heavy atom. The molecule has 1 aromatic rings. The molecule has 0 saturated carbocycles. The third kappa shape index (κ3) is 2.05. The third-order valence-electron chi connectivity index (χ3n) is 1.89. The molecule has 1 N–H and O–H groups in total. The van der Waals surface area contributed by atoms with Crippen molar-refractivity contribution < 1.29 is 4.52 Å². The van der Waals surface area contributed by atoms with Crippen LogP contribution >= 0.6 is 0 Å². The molecule has 0 aliphatic carbocycles. The van der Waals surface area contributed by atoms with Gasteiger partial charge in [0.1, 0.15) is 0 Å². The second kappa shape index (κ2) is 3.55. The lowest BCUT2D eigenvalue weighted by Crippen LogP contribution is -2.20. The number of hydrogen-bond acceptors (Lipinski definition) is 5. The van der Waals surface area contributed by atoms with Crippen LogP contribution in [0, 0.1) is 6.92 Å². The van der Waals surface area contributed by atoms with Crippen molar-refractivity contribution in [2.24, 2.45) is 4.99 Å². The number of nitrogens with zero attached hydrogens (tertiary/aromatic N) is 3. The lowest BCUT2D eigenvalue weighted by Gasteiger charge is -2.00. The Morgan fingerprint density at radius 2 is 2.46 bits per heavy atom. The van der Waals surface area contributed by atoms with E-state index in [-0.39, 0.29) is 0 Å². The predicted octanol–water partition coefficient (Wildman–Crippen LogP) is 0.660. The van der Waals surface area contributed by atoms with Gasteiger partial charge in [0.2, 0.25) is 5.89 Å². The van der Waals surface area contributed by atoms with Crippen molar-refractivity contribution >= 4 is 5.84 Å². The van der Waals surface area contributed by atoms with Crippen LogP contribution in [-0.4, -0.2) is 22.5 Å². The van der Waals surface area contributed by atoms with E-state index in [2.05, 4.69) is 20.4 Å². The van der Waals surface area contributed by atoms with Crippen molar-refractivity contribution in [2.75, 3.05) is 6.54 Å². The van der Waals surface area contributed by atoms with Gasteiger partial charge in [-0.25, -0.2) is 0 Å². The molecule has 13 heavy (non-hydrogen) atoms. The summed E-state index contributed by atoms with van der Waals surface area (Å²) in [6.45, 7) is 3.32. The van der Waals surface area contributed by atoms with Gasteiger partial charge in [-0.1, -0.05) is 5.16 Å². The number of hydrogen-bond donors (Lipinski definition) is 1. The first-order valence-corrected chi connectivity index (χ1v) is 4.41. The Labute approximate surface area is 76.2 Å². The van der Waals surface area contributed by atoms with Crippen molar-refractivity contribution in [3.63, 3.8) is 0 Å². The molecule has 0 saturated heterocycles. The summed E-state index contributed by atoms with van der Waals surface area (Å²) in [6.07, 6.45) is 2.18. The average Bonchev–Trinajstić information content (AvgIpc) is 2.71. The summed E-state index contributed by atoms with van der Waals surface area (Å²) in [7, 11) is 0. The number of aliphatic imine (C=N–C) groups is 1. The van der Waals surface area contributed by atoms with Crippen LogP contribution in [0.2, 0.25) is 0 Å². The van der Waals surface area contributed by atoms with Crippen LogP contribution in [-0.2, 0) is 6.54 Å². The number of nitrogens with one attached hydrogen (secondary N) is 1. The zero-order valence-corrected chi connectivity index (χ0v) is 7.58. The summed E-state index contributed by atoms with van der Waals surface area (Å²) in [6, 6.07) is 0. The summed E-state index contributed by atoms with van der Waals surface area (Å²) in [5, 5.41) is 6.86. The maximum absolute atomic E-state index is 4.95. The van der Waals surface area contributed by atoms with Crippen LogP contribution in [0.25, 0.3) is 0 Å². The molecule has 1 aliphatic heterocycles. The molecule has 2 heterocycles. The highest BCUT2D eigenvalue weighted by atomic mass is 16.5. The SMILES string of the molecule is Cc1noc(CNC2=NCCC2)n1. The summed E-state index contributed by atoms with van der Waals surface area (Å²) < 4.78 is 4.95. The predicted molar refractivity (Wildman–Crippen MR) is 47.4 cm³/mol. The summed E-state index contributed by atoms with van der Waals surface area (Å²) in [4.78, 5) is 8.35. The van der Waals surface area contributed by atoms with Gasteiger partial charge in [0.15, 0.2) is 5.82 Å². The van der Waals surface area contributed by atoms with Crippen molar-refractivity contribution in [1.82, 2.24) is 15.5 Å². The van der Waals surface area contributed by atoms with Crippen molar-refractivity contribution in [3.8, 4) is 0 Å². The maximum atomic E-state index is 4.95. The first kappa shape index (κ1) is 8.22. The molecule has 0 fully saturated rings. The van der Waals surface area contributed by atoms with Gasteiger partial charge in [-0.15, -0.1) is 0 Å². The van der Waals surface area contributed by atoms with Crippen LogP contribution in [0.3, 0.4) is 0 Å². The van der Waals surface area contributed by atoms with Crippen LogP contribution in [0.1, 0.15) is 24.6 Å². The first-order chi connectivity index (χ1) is 6.34. The number of aryl methyl sites for hydroxylation is 1. The Bertz CT molecular complexity index is 318. The normalized spacial score (nSPS) is 15.9. The van der Waals surface area contributed by atoms with Gasteiger partial charge in [-0.3, -0.25) is 4.99 Å². The fourth-order valence-electron chi connectivity index (χ4n) is 1.27. The molecule has 0 atom stereocenters. The van der Waals surface area contributed by atoms with Crippen molar-refractivity contribution in [1.29, 1.82) is 0 Å². The van der Waals surface area contributed by atoms with Crippen LogP contribution in [0.5, 0.6) is 0 Å². The van der Waals surface area contributed by atoms with E-state index in [1.54, 1.807) is 6.92 Å². The van der Waals surface area contributed by atoms with Crippen LogP contribution in [0.4, 0.5) is 0 Å². The zero-order valence-electron chi connectivity index (χ0n) is 7.58. The molecule has 0 radical (unpaired) electrons. The molecule has 0 unspecified atom stereocenters. The quantitative estimate of drug-likeness (QED) is 0.726. The molecule has 0 amide bonds. The smallest absolute Gasteiger partial charge is 0.245 e. The van der Waals surface area contributed by atoms with Crippen LogP contribution < -0.4 is 5.32 Å². The lowest BCUT2D eigenvalue weighted by molar-refractivity contribution is 0.371. The summed E-state index contributed by atoms with van der Waals surface area (Å²) >= 11 is 0. The monoisotopic (exact) mass is 180 g/mol. The van der Waals surface area contributed by atoms with Gasteiger partial charge in [0.05, 0.1) is 12.4 Å². The van der Waals surface area contributed by atoms with E-state index in [1.807, 2.05) is 0 Å². The number of rotatable bonds is 2. The average molecular weight is 180 g/mol. The van der Waals surface area contributed by atoms with E-state index < -0.39 is 0 Å². The highest BCUT2D eigenvalue weighted by Gasteiger charge is 2.07. The van der Waals surface area contributed by atoms with Gasteiger partial charge in [0.25, 0.3) is 0 Å². The maximum Gasteiger partial charge on any atom is 0.245 e. The molecule has 0 spiro atoms. The topological polar surface area (TPSA) is 63.3 Å². The zero-order chi connectivity index (χ0) is 9.10. The Kier molecular flexibility index (Phi) is 2.25. The van der Waals surface area contributed by atoms with E-state index in [0.717, 1.165) is 25.2 Å². The highest BCUT2D eigenvalue weighted by molar-refractivity contribution is 5.83. The second-order valence-electron chi connectivity index (χ2n) is 3.02. The van der Waals surface area contributed by atoms with Gasteiger partial charge in [0, 0.05) is 13.0 Å². The fraction of sp³-hybridized carbons (Fsp3) is 0.625. The van der Waals surface area contributed by atoms with Gasteiger partial charge >= 0.3 is 0 Å². The van der Waals surface area contributed by atoms with Gasteiger partial charge in [-0.05, 0) is 13.3 Å². The minimum absolute atomic E-state index is 0.583. The number of aromatic nitrogens is 2. The molecule has 1 aromatic heterocycles. The molecular weight excluding hydrogens is 168 g/mol. The Balaban J connectivity index is 1.85. The van der Waals surface area contributed by atoms with Gasteiger partial charge in [-0.2, -0.15) is 4.98 Å².